The minimum atomic E-state index is 0.0841. The van der Waals surface area contributed by atoms with Crippen LogP contribution in [0.15, 0.2) is 36.9 Å². The molecule has 0 saturated carbocycles. The third-order valence-corrected chi connectivity index (χ3v) is 3.41. The molecule has 20 heavy (non-hydrogen) atoms. The highest BCUT2D eigenvalue weighted by Gasteiger charge is 2.23. The summed E-state index contributed by atoms with van der Waals surface area (Å²) in [6, 6.07) is 8.17. The van der Waals surface area contributed by atoms with Crippen molar-refractivity contribution in [3.63, 3.8) is 0 Å². The van der Waals surface area contributed by atoms with E-state index in [2.05, 4.69) is 29.3 Å². The van der Waals surface area contributed by atoms with Crippen LogP contribution in [0.4, 0.5) is 5.69 Å². The summed E-state index contributed by atoms with van der Waals surface area (Å²) in [4.78, 5) is 11.9. The average molecular weight is 274 g/mol. The molecular formula is C16H22N2O2. The van der Waals surface area contributed by atoms with Crippen molar-refractivity contribution in [1.29, 1.82) is 0 Å². The number of para-hydroxylation sites is 1. The third-order valence-electron chi connectivity index (χ3n) is 3.41. The molecular weight excluding hydrogens is 252 g/mol. The molecule has 1 amide bonds. The maximum absolute atomic E-state index is 11.9. The number of nitrogens with one attached hydrogen (secondary N) is 2. The van der Waals surface area contributed by atoms with E-state index in [-0.39, 0.29) is 11.8 Å². The molecule has 0 saturated heterocycles. The number of amides is 1. The Hall–Kier alpha value is -1.81. The second-order valence-electron chi connectivity index (χ2n) is 4.91. The molecule has 0 radical (unpaired) electrons. The first kappa shape index (κ1) is 14.6. The van der Waals surface area contributed by atoms with Gasteiger partial charge in [0.2, 0.25) is 5.91 Å². The molecule has 1 aromatic carbocycles. The summed E-state index contributed by atoms with van der Waals surface area (Å²) in [6.45, 7) is 6.25. The number of hydrogen-bond acceptors (Lipinski definition) is 3. The summed E-state index contributed by atoms with van der Waals surface area (Å²) in [6.07, 6.45) is 3.19. The minimum absolute atomic E-state index is 0.0841. The van der Waals surface area contributed by atoms with Crippen LogP contribution in [0.25, 0.3) is 0 Å². The topological polar surface area (TPSA) is 50.4 Å². The number of rotatable bonds is 8. The van der Waals surface area contributed by atoms with Gasteiger partial charge in [0.15, 0.2) is 0 Å². The summed E-state index contributed by atoms with van der Waals surface area (Å²) in [7, 11) is 0. The molecule has 0 bridgehead atoms. The molecule has 0 spiro atoms. The van der Waals surface area contributed by atoms with Crippen molar-refractivity contribution in [2.45, 2.75) is 18.8 Å². The van der Waals surface area contributed by atoms with E-state index in [9.17, 15) is 4.79 Å². The monoisotopic (exact) mass is 274 g/mol. The number of carbonyl (C=O) groups is 1. The normalized spacial score (nSPS) is 16.3. The van der Waals surface area contributed by atoms with Crippen molar-refractivity contribution in [3.8, 4) is 0 Å². The van der Waals surface area contributed by atoms with Crippen LogP contribution in [0.2, 0.25) is 0 Å². The number of benzene rings is 1. The second kappa shape index (κ2) is 7.70. The Morgan fingerprint density at radius 1 is 1.45 bits per heavy atom. The highest BCUT2D eigenvalue weighted by atomic mass is 16.5. The molecule has 2 rings (SSSR count). The van der Waals surface area contributed by atoms with E-state index in [0.717, 1.165) is 18.7 Å². The van der Waals surface area contributed by atoms with Gasteiger partial charge in [0.1, 0.15) is 0 Å². The lowest BCUT2D eigenvalue weighted by Gasteiger charge is -2.10. The maximum atomic E-state index is 11.9. The Kier molecular flexibility index (Phi) is 5.62. The van der Waals surface area contributed by atoms with Crippen molar-refractivity contribution in [2.75, 3.05) is 31.6 Å². The van der Waals surface area contributed by atoms with E-state index in [1.165, 1.54) is 5.56 Å². The minimum Gasteiger partial charge on any atom is -0.384 e. The zero-order chi connectivity index (χ0) is 14.2. The van der Waals surface area contributed by atoms with E-state index in [1.807, 2.05) is 18.2 Å². The summed E-state index contributed by atoms with van der Waals surface area (Å²) < 4.78 is 5.35. The van der Waals surface area contributed by atoms with Crippen molar-refractivity contribution in [2.24, 2.45) is 0 Å². The van der Waals surface area contributed by atoms with Gasteiger partial charge in [-0.05, 0) is 18.1 Å². The van der Waals surface area contributed by atoms with Crippen molar-refractivity contribution in [1.82, 2.24) is 5.32 Å². The SMILES string of the molecule is C=CCCOCCNC(=O)CC1CNc2ccccc21. The zero-order valence-corrected chi connectivity index (χ0v) is 11.7. The zero-order valence-electron chi connectivity index (χ0n) is 11.7. The van der Waals surface area contributed by atoms with Gasteiger partial charge in [-0.2, -0.15) is 0 Å². The Bertz CT molecular complexity index is 460. The predicted octanol–water partition coefficient (Wildman–Crippen LogP) is 2.29. The van der Waals surface area contributed by atoms with Crippen LogP contribution in [0.5, 0.6) is 0 Å². The van der Waals surface area contributed by atoms with Gasteiger partial charge in [-0.15, -0.1) is 6.58 Å². The van der Waals surface area contributed by atoms with Gasteiger partial charge in [0.25, 0.3) is 0 Å². The lowest BCUT2D eigenvalue weighted by molar-refractivity contribution is -0.121. The molecule has 108 valence electrons. The van der Waals surface area contributed by atoms with Gasteiger partial charge in [0.05, 0.1) is 13.2 Å². The molecule has 1 unspecified atom stereocenters. The largest absolute Gasteiger partial charge is 0.384 e. The summed E-state index contributed by atoms with van der Waals surface area (Å²) >= 11 is 0. The molecule has 1 atom stereocenters. The van der Waals surface area contributed by atoms with Crippen LogP contribution in [0, 0.1) is 0 Å². The molecule has 2 N–H and O–H groups in total. The highest BCUT2D eigenvalue weighted by Crippen LogP contribution is 2.32. The first-order valence-electron chi connectivity index (χ1n) is 7.09. The maximum Gasteiger partial charge on any atom is 0.220 e. The van der Waals surface area contributed by atoms with E-state index >= 15 is 0 Å². The molecule has 1 aromatic rings. The molecule has 1 heterocycles. The van der Waals surface area contributed by atoms with E-state index in [4.69, 9.17) is 4.74 Å². The number of fused-ring (bicyclic) bond motifs is 1. The first-order valence-corrected chi connectivity index (χ1v) is 7.09. The Morgan fingerprint density at radius 2 is 2.30 bits per heavy atom. The molecule has 4 nitrogen and oxygen atoms in total. The fraction of sp³-hybridized carbons (Fsp3) is 0.438. The van der Waals surface area contributed by atoms with Crippen LogP contribution >= 0.6 is 0 Å². The van der Waals surface area contributed by atoms with Crippen molar-refractivity contribution in [3.05, 3.63) is 42.5 Å². The number of ether oxygens (including phenoxy) is 1. The lowest BCUT2D eigenvalue weighted by Crippen LogP contribution is -2.28. The van der Waals surface area contributed by atoms with Crippen molar-refractivity contribution >= 4 is 11.6 Å². The molecule has 1 aliphatic rings. The van der Waals surface area contributed by atoms with Gasteiger partial charge in [0, 0.05) is 31.1 Å². The van der Waals surface area contributed by atoms with Gasteiger partial charge >= 0.3 is 0 Å². The van der Waals surface area contributed by atoms with Crippen LogP contribution in [0.1, 0.15) is 24.3 Å². The average Bonchev–Trinajstić information content (AvgIpc) is 2.86. The van der Waals surface area contributed by atoms with Crippen LogP contribution in [-0.2, 0) is 9.53 Å². The fourth-order valence-corrected chi connectivity index (χ4v) is 2.37. The number of hydrogen-bond donors (Lipinski definition) is 2. The van der Waals surface area contributed by atoms with E-state index < -0.39 is 0 Å². The quantitative estimate of drug-likeness (QED) is 0.565. The van der Waals surface area contributed by atoms with Crippen LogP contribution in [-0.4, -0.2) is 32.2 Å². The van der Waals surface area contributed by atoms with Gasteiger partial charge in [-0.25, -0.2) is 0 Å². The third kappa shape index (κ3) is 4.10. The van der Waals surface area contributed by atoms with Crippen molar-refractivity contribution < 1.29 is 9.53 Å². The Balaban J connectivity index is 1.67. The van der Waals surface area contributed by atoms with Crippen LogP contribution in [0.3, 0.4) is 0 Å². The lowest BCUT2D eigenvalue weighted by atomic mass is 9.98. The second-order valence-corrected chi connectivity index (χ2v) is 4.91. The predicted molar refractivity (Wildman–Crippen MR) is 80.9 cm³/mol. The molecule has 4 heteroatoms. The smallest absolute Gasteiger partial charge is 0.220 e. The fourth-order valence-electron chi connectivity index (χ4n) is 2.37. The summed E-state index contributed by atoms with van der Waals surface area (Å²) in [5.74, 6) is 0.355. The Labute approximate surface area is 120 Å². The van der Waals surface area contributed by atoms with E-state index in [1.54, 1.807) is 0 Å². The molecule has 0 fully saturated rings. The van der Waals surface area contributed by atoms with E-state index in [0.29, 0.717) is 26.2 Å². The number of anilines is 1. The summed E-state index contributed by atoms with van der Waals surface area (Å²) in [5, 5.41) is 6.23. The van der Waals surface area contributed by atoms with Gasteiger partial charge in [-0.1, -0.05) is 24.3 Å². The standard InChI is InChI=1S/C16H22N2O2/c1-2-3-9-20-10-8-17-16(19)11-13-12-18-15-7-5-4-6-14(13)15/h2,4-7,13,18H,1,3,8-12H2,(H,17,19). The van der Waals surface area contributed by atoms with Gasteiger partial charge in [-0.3, -0.25) is 4.79 Å². The first-order chi connectivity index (χ1) is 9.81. The summed E-state index contributed by atoms with van der Waals surface area (Å²) in [5.41, 5.74) is 2.39. The molecule has 0 aliphatic carbocycles. The molecule has 0 aromatic heterocycles. The highest BCUT2D eigenvalue weighted by molar-refractivity contribution is 5.78. The molecule has 1 aliphatic heterocycles. The van der Waals surface area contributed by atoms with Crippen LogP contribution < -0.4 is 10.6 Å². The number of carbonyl (C=O) groups excluding carboxylic acids is 1. The van der Waals surface area contributed by atoms with Gasteiger partial charge < -0.3 is 15.4 Å². The Morgan fingerprint density at radius 3 is 3.15 bits per heavy atom.